The van der Waals surface area contributed by atoms with Gasteiger partial charge in [0.1, 0.15) is 36.7 Å². The lowest BCUT2D eigenvalue weighted by atomic mass is 9.89. The predicted octanol–water partition coefficient (Wildman–Crippen LogP) is 4.13. The minimum Gasteiger partial charge on any atom is -0.449 e. The standard InChI is InChI=1S/C29H27F3N4O5S/c1-19(29(41-27(38)13-37,16-36-18-34-17-35-36)24-9-8-22(30)11-26(24)32)42-23-14-39-28(40-15-23)5-3-2-4-21-7-6-20(12-33)10-25(21)31/h2-11,17-19,23,28,37H,13-16H2,1H3/b4-2+,5-3+/t19-,23-,28-,29-/m1/s1. The summed E-state index contributed by atoms with van der Waals surface area (Å²) in [5.74, 6) is -3.24. The number of aliphatic hydroxyl groups excluding tert-OH is 1. The Labute approximate surface area is 244 Å². The topological polar surface area (TPSA) is 119 Å². The molecule has 2 heterocycles. The summed E-state index contributed by atoms with van der Waals surface area (Å²) in [6.45, 7) is 1.07. The van der Waals surface area contributed by atoms with Crippen LogP contribution in [0.3, 0.4) is 0 Å². The highest BCUT2D eigenvalue weighted by atomic mass is 32.2. The monoisotopic (exact) mass is 600 g/mol. The summed E-state index contributed by atoms with van der Waals surface area (Å²) in [5, 5.41) is 21.4. The first kappa shape index (κ1) is 31.0. The van der Waals surface area contributed by atoms with Gasteiger partial charge in [-0.15, -0.1) is 11.8 Å². The van der Waals surface area contributed by atoms with E-state index in [0.29, 0.717) is 11.6 Å². The third-order valence-corrected chi connectivity index (χ3v) is 7.85. The Bertz CT molecular complexity index is 1470. The fourth-order valence-electron chi connectivity index (χ4n) is 4.36. The summed E-state index contributed by atoms with van der Waals surface area (Å²) in [4.78, 5) is 16.3. The van der Waals surface area contributed by atoms with E-state index in [4.69, 9.17) is 19.5 Å². The number of aromatic nitrogens is 3. The van der Waals surface area contributed by atoms with Crippen LogP contribution in [0.2, 0.25) is 0 Å². The third kappa shape index (κ3) is 7.65. The maximum atomic E-state index is 15.2. The van der Waals surface area contributed by atoms with Gasteiger partial charge < -0.3 is 19.3 Å². The first-order valence-corrected chi connectivity index (χ1v) is 13.7. The highest BCUT2D eigenvalue weighted by molar-refractivity contribution is 8.00. The lowest BCUT2D eigenvalue weighted by molar-refractivity contribution is -0.167. The molecule has 9 nitrogen and oxygen atoms in total. The molecule has 0 spiro atoms. The second kappa shape index (κ2) is 14.3. The number of benzene rings is 2. The second-order valence-electron chi connectivity index (χ2n) is 9.27. The number of hydrogen-bond donors (Lipinski definition) is 1. The number of nitrogens with zero attached hydrogens (tertiary/aromatic N) is 4. The highest BCUT2D eigenvalue weighted by Crippen LogP contribution is 2.42. The average Bonchev–Trinajstić information content (AvgIpc) is 3.49. The lowest BCUT2D eigenvalue weighted by Gasteiger charge is -2.40. The van der Waals surface area contributed by atoms with E-state index in [1.807, 2.05) is 6.07 Å². The molecule has 0 saturated carbocycles. The number of hydrogen-bond acceptors (Lipinski definition) is 9. The van der Waals surface area contributed by atoms with Gasteiger partial charge in [0.2, 0.25) is 0 Å². The average molecular weight is 601 g/mol. The van der Waals surface area contributed by atoms with E-state index in [1.54, 1.807) is 31.2 Å². The zero-order chi connectivity index (χ0) is 30.1. The Morgan fingerprint density at radius 1 is 1.24 bits per heavy atom. The van der Waals surface area contributed by atoms with Gasteiger partial charge in [0, 0.05) is 22.4 Å². The summed E-state index contributed by atoms with van der Waals surface area (Å²) < 4.78 is 61.7. The van der Waals surface area contributed by atoms with Crippen molar-refractivity contribution in [2.75, 3.05) is 19.8 Å². The number of aliphatic hydroxyl groups is 1. The number of ether oxygens (including phenoxy) is 3. The number of esters is 1. The smallest absolute Gasteiger partial charge is 0.332 e. The van der Waals surface area contributed by atoms with Crippen molar-refractivity contribution < 1.29 is 37.3 Å². The molecule has 2 atom stereocenters. The highest BCUT2D eigenvalue weighted by Gasteiger charge is 2.46. The number of thioether (sulfide) groups is 1. The SMILES string of the molecule is C[C@@H](S[C@H]1CO[C@H](/C=C/C=C/c2ccc(C#N)cc2F)OC1)[C@@](Cn1cncn1)(OC(=O)CO)c1ccc(F)cc1F. The van der Waals surface area contributed by atoms with Gasteiger partial charge in [-0.2, -0.15) is 10.4 Å². The second-order valence-corrected chi connectivity index (χ2v) is 10.9. The van der Waals surface area contributed by atoms with E-state index in [9.17, 15) is 18.7 Å². The fourth-order valence-corrected chi connectivity index (χ4v) is 5.72. The number of nitriles is 1. The van der Waals surface area contributed by atoms with Crippen molar-refractivity contribution in [1.29, 1.82) is 5.26 Å². The zero-order valence-electron chi connectivity index (χ0n) is 22.4. The molecule has 2 aromatic carbocycles. The Morgan fingerprint density at radius 3 is 2.67 bits per heavy atom. The summed E-state index contributed by atoms with van der Waals surface area (Å²) >= 11 is 1.31. The molecular weight excluding hydrogens is 573 g/mol. The number of allylic oxidation sites excluding steroid dienone is 2. The van der Waals surface area contributed by atoms with Crippen LogP contribution in [-0.2, 0) is 31.2 Å². The first-order chi connectivity index (χ1) is 20.2. The fraction of sp³-hybridized carbons (Fsp3) is 0.310. The summed E-state index contributed by atoms with van der Waals surface area (Å²) in [6, 6.07) is 9.03. The van der Waals surface area contributed by atoms with E-state index in [2.05, 4.69) is 10.1 Å². The number of carbonyl (C=O) groups is 1. The van der Waals surface area contributed by atoms with E-state index in [1.165, 1.54) is 47.3 Å². The number of rotatable bonds is 11. The maximum Gasteiger partial charge on any atom is 0.332 e. The molecule has 13 heteroatoms. The maximum absolute atomic E-state index is 15.2. The number of carbonyl (C=O) groups excluding carboxylic acids is 1. The van der Waals surface area contributed by atoms with Crippen molar-refractivity contribution in [3.63, 3.8) is 0 Å². The normalized spacial score (nSPS) is 19.4. The van der Waals surface area contributed by atoms with Crippen LogP contribution in [0.4, 0.5) is 13.2 Å². The molecular formula is C29H27F3N4O5S. The zero-order valence-corrected chi connectivity index (χ0v) is 23.2. The predicted molar refractivity (Wildman–Crippen MR) is 147 cm³/mol. The van der Waals surface area contributed by atoms with Crippen LogP contribution in [0.5, 0.6) is 0 Å². The van der Waals surface area contributed by atoms with Crippen LogP contribution >= 0.6 is 11.8 Å². The lowest BCUT2D eigenvalue weighted by Crippen LogP contribution is -2.47. The minimum atomic E-state index is -1.71. The van der Waals surface area contributed by atoms with Gasteiger partial charge in [0.15, 0.2) is 11.9 Å². The van der Waals surface area contributed by atoms with E-state index in [-0.39, 0.29) is 36.1 Å². The molecule has 1 fully saturated rings. The van der Waals surface area contributed by atoms with Crippen molar-refractivity contribution in [3.05, 3.63) is 101 Å². The van der Waals surface area contributed by atoms with Gasteiger partial charge >= 0.3 is 5.97 Å². The van der Waals surface area contributed by atoms with Crippen LogP contribution in [0, 0.1) is 28.8 Å². The van der Waals surface area contributed by atoms with Crippen LogP contribution in [0.25, 0.3) is 6.08 Å². The van der Waals surface area contributed by atoms with E-state index < -0.39 is 47.2 Å². The van der Waals surface area contributed by atoms with Crippen molar-refractivity contribution in [1.82, 2.24) is 14.8 Å². The Kier molecular flexibility index (Phi) is 10.5. The van der Waals surface area contributed by atoms with Gasteiger partial charge in [0.05, 0.1) is 36.6 Å². The van der Waals surface area contributed by atoms with Crippen molar-refractivity contribution in [2.45, 2.75) is 35.9 Å². The Morgan fingerprint density at radius 2 is 2.02 bits per heavy atom. The van der Waals surface area contributed by atoms with Crippen LogP contribution in [0.1, 0.15) is 23.6 Å². The molecule has 3 aromatic rings. The molecule has 1 N–H and O–H groups in total. The molecule has 0 radical (unpaired) electrons. The van der Waals surface area contributed by atoms with Crippen molar-refractivity contribution in [3.8, 4) is 6.07 Å². The van der Waals surface area contributed by atoms with Gasteiger partial charge in [-0.25, -0.2) is 27.6 Å². The van der Waals surface area contributed by atoms with Gasteiger partial charge in [-0.1, -0.05) is 24.3 Å². The molecule has 1 saturated heterocycles. The first-order valence-electron chi connectivity index (χ1n) is 12.8. The molecule has 0 unspecified atom stereocenters. The van der Waals surface area contributed by atoms with Crippen molar-refractivity contribution >= 4 is 23.8 Å². The van der Waals surface area contributed by atoms with Gasteiger partial charge in [0.25, 0.3) is 0 Å². The molecule has 0 bridgehead atoms. The minimum absolute atomic E-state index is 0.0925. The Balaban J connectivity index is 1.45. The molecule has 4 rings (SSSR count). The molecule has 220 valence electrons. The molecule has 42 heavy (non-hydrogen) atoms. The molecule has 1 aliphatic rings. The van der Waals surface area contributed by atoms with Crippen molar-refractivity contribution in [2.24, 2.45) is 0 Å². The summed E-state index contributed by atoms with van der Waals surface area (Å²) in [6.07, 6.45) is 8.42. The molecule has 0 aliphatic carbocycles. The van der Waals surface area contributed by atoms with Crippen LogP contribution in [-0.4, -0.2) is 62.5 Å². The summed E-state index contributed by atoms with van der Waals surface area (Å²) in [7, 11) is 0. The van der Waals surface area contributed by atoms with E-state index >= 15 is 4.39 Å². The molecule has 1 aromatic heterocycles. The third-order valence-electron chi connectivity index (χ3n) is 6.41. The van der Waals surface area contributed by atoms with Crippen LogP contribution < -0.4 is 0 Å². The summed E-state index contributed by atoms with van der Waals surface area (Å²) in [5.41, 5.74) is -1.25. The largest absolute Gasteiger partial charge is 0.449 e. The quantitative estimate of drug-likeness (QED) is 0.256. The van der Waals surface area contributed by atoms with Gasteiger partial charge in [-0.05, 0) is 37.3 Å². The molecule has 0 amide bonds. The van der Waals surface area contributed by atoms with E-state index in [0.717, 1.165) is 12.1 Å². The molecule has 1 aliphatic heterocycles. The number of halogens is 3. The van der Waals surface area contributed by atoms with Gasteiger partial charge in [-0.3, -0.25) is 0 Å². The van der Waals surface area contributed by atoms with Crippen LogP contribution in [0.15, 0.2) is 67.3 Å². The Hall–Kier alpha value is -3.96.